The van der Waals surface area contributed by atoms with Gasteiger partial charge in [-0.15, -0.1) is 0 Å². The van der Waals surface area contributed by atoms with E-state index in [-0.39, 0.29) is 11.5 Å². The van der Waals surface area contributed by atoms with Crippen LogP contribution >= 0.6 is 0 Å². The molecule has 7 nitrogen and oxygen atoms in total. The molecule has 3 rings (SSSR count). The molecule has 2 atom stereocenters. The minimum Gasteiger partial charge on any atom is -0.391 e. The SMILES string of the molecule is Cn1c(=O)ccc2ncc(C#N)c(CCN3CC(O)C(CN)C3)c21. The lowest BCUT2D eigenvalue weighted by Crippen LogP contribution is -2.26. The van der Waals surface area contributed by atoms with Gasteiger partial charge < -0.3 is 20.3 Å². The minimum atomic E-state index is -0.399. The Balaban J connectivity index is 1.93. The third kappa shape index (κ3) is 2.91. The van der Waals surface area contributed by atoms with Gasteiger partial charge in [0.15, 0.2) is 0 Å². The molecule has 0 aromatic carbocycles. The molecule has 1 aliphatic rings. The van der Waals surface area contributed by atoms with Gasteiger partial charge in [0, 0.05) is 44.9 Å². The first kappa shape index (κ1) is 16.6. The molecule has 3 heterocycles. The Morgan fingerprint density at radius 3 is 2.92 bits per heavy atom. The first-order valence-electron chi connectivity index (χ1n) is 8.03. The van der Waals surface area contributed by atoms with Gasteiger partial charge in [0.25, 0.3) is 5.56 Å². The summed E-state index contributed by atoms with van der Waals surface area (Å²) in [5.74, 6) is 0.0963. The monoisotopic (exact) mass is 327 g/mol. The van der Waals surface area contributed by atoms with Crippen LogP contribution in [0, 0.1) is 17.2 Å². The second kappa shape index (κ2) is 6.69. The van der Waals surface area contributed by atoms with E-state index in [1.807, 2.05) is 0 Å². The van der Waals surface area contributed by atoms with E-state index in [4.69, 9.17) is 5.73 Å². The predicted molar refractivity (Wildman–Crippen MR) is 90.4 cm³/mol. The van der Waals surface area contributed by atoms with Crippen molar-refractivity contribution in [2.24, 2.45) is 18.7 Å². The molecule has 0 bridgehead atoms. The van der Waals surface area contributed by atoms with Crippen LogP contribution in [0.5, 0.6) is 0 Å². The molecular weight excluding hydrogens is 306 g/mol. The fraction of sp³-hybridized carbons (Fsp3) is 0.471. The van der Waals surface area contributed by atoms with Crippen molar-refractivity contribution in [2.45, 2.75) is 12.5 Å². The summed E-state index contributed by atoms with van der Waals surface area (Å²) in [6.07, 6.45) is 1.77. The lowest BCUT2D eigenvalue weighted by molar-refractivity contribution is 0.144. The maximum atomic E-state index is 12.0. The topological polar surface area (TPSA) is 108 Å². The molecule has 1 fully saturated rings. The van der Waals surface area contributed by atoms with Crippen molar-refractivity contribution < 1.29 is 5.11 Å². The van der Waals surface area contributed by atoms with E-state index < -0.39 is 6.10 Å². The molecule has 2 aromatic heterocycles. The molecule has 0 aliphatic carbocycles. The fourth-order valence-electron chi connectivity index (χ4n) is 3.40. The van der Waals surface area contributed by atoms with Gasteiger partial charge in [0.2, 0.25) is 0 Å². The molecule has 126 valence electrons. The van der Waals surface area contributed by atoms with E-state index in [0.717, 1.165) is 12.1 Å². The number of pyridine rings is 2. The van der Waals surface area contributed by atoms with Gasteiger partial charge >= 0.3 is 0 Å². The number of likely N-dealkylation sites (tertiary alicyclic amines) is 1. The quantitative estimate of drug-likeness (QED) is 0.791. The van der Waals surface area contributed by atoms with E-state index in [9.17, 15) is 15.2 Å². The fourth-order valence-corrected chi connectivity index (χ4v) is 3.40. The summed E-state index contributed by atoms with van der Waals surface area (Å²) in [6.45, 7) is 2.51. The van der Waals surface area contributed by atoms with Crippen LogP contribution in [0.3, 0.4) is 0 Å². The lowest BCUT2D eigenvalue weighted by Gasteiger charge is -2.17. The molecule has 0 amide bonds. The number of hydrogen-bond donors (Lipinski definition) is 2. The molecule has 3 N–H and O–H groups in total. The highest BCUT2D eigenvalue weighted by Gasteiger charge is 2.30. The number of fused-ring (bicyclic) bond motifs is 1. The highest BCUT2D eigenvalue weighted by molar-refractivity contribution is 5.80. The number of nitrogens with two attached hydrogens (primary N) is 1. The molecule has 0 spiro atoms. The van der Waals surface area contributed by atoms with Crippen LogP contribution in [0.1, 0.15) is 11.1 Å². The zero-order valence-corrected chi connectivity index (χ0v) is 13.6. The van der Waals surface area contributed by atoms with E-state index in [1.165, 1.54) is 6.07 Å². The van der Waals surface area contributed by atoms with Crippen LogP contribution < -0.4 is 11.3 Å². The Morgan fingerprint density at radius 2 is 2.25 bits per heavy atom. The summed E-state index contributed by atoms with van der Waals surface area (Å²) in [6, 6.07) is 5.34. The van der Waals surface area contributed by atoms with Gasteiger partial charge in [-0.1, -0.05) is 0 Å². The maximum Gasteiger partial charge on any atom is 0.250 e. The molecule has 1 aliphatic heterocycles. The van der Waals surface area contributed by atoms with Gasteiger partial charge in [-0.3, -0.25) is 9.78 Å². The second-order valence-electron chi connectivity index (χ2n) is 6.30. The maximum absolute atomic E-state index is 12.0. The number of rotatable bonds is 4. The normalized spacial score (nSPS) is 21.2. The standard InChI is InChI=1S/C17H21N5O2/c1-21-16(24)3-2-14-17(21)13(11(6-18)8-20-14)4-5-22-9-12(7-19)15(23)10-22/h2-3,8,12,15,23H,4-5,7,9-10,19H2,1H3. The number of nitrogens with zero attached hydrogens (tertiary/aromatic N) is 4. The van der Waals surface area contributed by atoms with Crippen molar-refractivity contribution in [3.63, 3.8) is 0 Å². The van der Waals surface area contributed by atoms with Gasteiger partial charge in [0.05, 0.1) is 22.7 Å². The summed E-state index contributed by atoms with van der Waals surface area (Å²) >= 11 is 0. The zero-order valence-electron chi connectivity index (χ0n) is 13.6. The second-order valence-corrected chi connectivity index (χ2v) is 6.30. The van der Waals surface area contributed by atoms with Crippen molar-refractivity contribution in [1.29, 1.82) is 5.26 Å². The first-order valence-corrected chi connectivity index (χ1v) is 8.03. The van der Waals surface area contributed by atoms with Crippen molar-refractivity contribution in [3.8, 4) is 6.07 Å². The van der Waals surface area contributed by atoms with E-state index in [1.54, 1.807) is 23.9 Å². The Morgan fingerprint density at radius 1 is 1.46 bits per heavy atom. The largest absolute Gasteiger partial charge is 0.391 e. The van der Waals surface area contributed by atoms with Crippen molar-refractivity contribution in [1.82, 2.24) is 14.5 Å². The van der Waals surface area contributed by atoms with E-state index in [2.05, 4.69) is 16.0 Å². The molecule has 0 radical (unpaired) electrons. The average molecular weight is 327 g/mol. The molecule has 2 unspecified atom stereocenters. The van der Waals surface area contributed by atoms with Crippen LogP contribution in [0.2, 0.25) is 0 Å². The van der Waals surface area contributed by atoms with Crippen molar-refractivity contribution in [2.75, 3.05) is 26.2 Å². The van der Waals surface area contributed by atoms with Gasteiger partial charge in [0.1, 0.15) is 6.07 Å². The lowest BCUT2D eigenvalue weighted by atomic mass is 10.0. The minimum absolute atomic E-state index is 0.0963. The Hall–Kier alpha value is -2.27. The average Bonchev–Trinajstić information content (AvgIpc) is 2.95. The van der Waals surface area contributed by atoms with E-state index in [0.29, 0.717) is 42.7 Å². The van der Waals surface area contributed by atoms with Crippen molar-refractivity contribution in [3.05, 3.63) is 39.8 Å². The predicted octanol–water partition coefficient (Wildman–Crippen LogP) is -0.401. The third-order valence-corrected chi connectivity index (χ3v) is 4.82. The molecular formula is C17H21N5O2. The van der Waals surface area contributed by atoms with Gasteiger partial charge in [-0.05, 0) is 24.6 Å². The number of aromatic nitrogens is 2. The van der Waals surface area contributed by atoms with Gasteiger partial charge in [-0.25, -0.2) is 0 Å². The summed E-state index contributed by atoms with van der Waals surface area (Å²) in [5.41, 5.74) is 8.27. The molecule has 7 heteroatoms. The number of aryl methyl sites for hydroxylation is 1. The van der Waals surface area contributed by atoms with E-state index >= 15 is 0 Å². The van der Waals surface area contributed by atoms with Crippen molar-refractivity contribution >= 4 is 11.0 Å². The van der Waals surface area contributed by atoms with Crippen LogP contribution in [-0.4, -0.2) is 51.8 Å². The highest BCUT2D eigenvalue weighted by Crippen LogP contribution is 2.21. The number of hydrogen-bond acceptors (Lipinski definition) is 6. The first-order chi connectivity index (χ1) is 11.5. The summed E-state index contributed by atoms with van der Waals surface area (Å²) in [7, 11) is 1.70. The van der Waals surface area contributed by atoms with Crippen LogP contribution in [0.25, 0.3) is 11.0 Å². The molecule has 2 aromatic rings. The summed E-state index contributed by atoms with van der Waals surface area (Å²) < 4.78 is 1.54. The Kier molecular flexibility index (Phi) is 4.62. The summed E-state index contributed by atoms with van der Waals surface area (Å²) in [5, 5.41) is 19.4. The van der Waals surface area contributed by atoms with Crippen LogP contribution in [-0.2, 0) is 13.5 Å². The molecule has 1 saturated heterocycles. The number of aliphatic hydroxyl groups is 1. The zero-order chi connectivity index (χ0) is 17.3. The Bertz CT molecular complexity index is 854. The van der Waals surface area contributed by atoms with Crippen LogP contribution in [0.4, 0.5) is 0 Å². The van der Waals surface area contributed by atoms with Gasteiger partial charge in [-0.2, -0.15) is 5.26 Å². The Labute approximate surface area is 139 Å². The highest BCUT2D eigenvalue weighted by atomic mass is 16.3. The third-order valence-electron chi connectivity index (χ3n) is 4.82. The molecule has 0 saturated carbocycles. The van der Waals surface area contributed by atoms with Crippen LogP contribution in [0.15, 0.2) is 23.1 Å². The number of β-amino-alcohol motifs (C(OH)–C–C–N with tert-alkyl or cyclic N) is 1. The summed E-state index contributed by atoms with van der Waals surface area (Å²) in [4.78, 5) is 18.4. The number of aliphatic hydroxyl groups excluding tert-OH is 1. The molecule has 24 heavy (non-hydrogen) atoms. The smallest absolute Gasteiger partial charge is 0.250 e. The number of nitriles is 1.